The summed E-state index contributed by atoms with van der Waals surface area (Å²) in [5.74, 6) is 0.516. The van der Waals surface area contributed by atoms with Gasteiger partial charge in [0.2, 0.25) is 5.95 Å². The van der Waals surface area contributed by atoms with E-state index in [1.807, 2.05) is 25.1 Å². The van der Waals surface area contributed by atoms with Gasteiger partial charge in [0.05, 0.1) is 12.2 Å². The van der Waals surface area contributed by atoms with Gasteiger partial charge in [0, 0.05) is 32.0 Å². The molecule has 0 aliphatic rings. The molecule has 0 bridgehead atoms. The van der Waals surface area contributed by atoms with Crippen molar-refractivity contribution in [1.82, 2.24) is 25.6 Å². The van der Waals surface area contributed by atoms with Crippen molar-refractivity contribution in [3.8, 4) is 0 Å². The first-order valence-corrected chi connectivity index (χ1v) is 8.05. The van der Waals surface area contributed by atoms with Crippen LogP contribution >= 0.6 is 24.0 Å². The second-order valence-electron chi connectivity index (χ2n) is 5.13. The zero-order chi connectivity index (χ0) is 18.8. The van der Waals surface area contributed by atoms with Crippen LogP contribution in [-0.2, 0) is 12.7 Å². The quantitative estimate of drug-likeness (QED) is 0.237. The first kappa shape index (κ1) is 22.9. The monoisotopic (exact) mass is 495 g/mol. The second-order valence-corrected chi connectivity index (χ2v) is 5.13. The minimum atomic E-state index is -4.49. The number of nitrogens with zero attached hydrogens (tertiary/aromatic N) is 4. The van der Waals surface area contributed by atoms with Crippen LogP contribution in [0, 0.1) is 0 Å². The van der Waals surface area contributed by atoms with Crippen LogP contribution in [0.25, 0.3) is 0 Å². The number of aliphatic imine (C=N–C) groups is 1. The zero-order valence-corrected chi connectivity index (χ0v) is 17.0. The lowest BCUT2D eigenvalue weighted by Crippen LogP contribution is -2.39. The molecule has 2 heterocycles. The molecule has 0 spiro atoms. The zero-order valence-electron chi connectivity index (χ0n) is 14.6. The van der Waals surface area contributed by atoms with E-state index in [0.29, 0.717) is 32.1 Å². The molecule has 7 nitrogen and oxygen atoms in total. The van der Waals surface area contributed by atoms with Gasteiger partial charge in [-0.1, -0.05) is 6.07 Å². The van der Waals surface area contributed by atoms with Gasteiger partial charge in [-0.2, -0.15) is 13.2 Å². The Morgan fingerprint density at radius 2 is 1.89 bits per heavy atom. The summed E-state index contributed by atoms with van der Waals surface area (Å²) in [4.78, 5) is 15.8. The fraction of sp³-hybridized carbons (Fsp3) is 0.375. The predicted octanol–water partition coefficient (Wildman–Crippen LogP) is 2.68. The first-order chi connectivity index (χ1) is 12.5. The fourth-order valence-electron chi connectivity index (χ4n) is 1.95. The Morgan fingerprint density at radius 1 is 1.07 bits per heavy atom. The Morgan fingerprint density at radius 3 is 2.56 bits per heavy atom. The summed E-state index contributed by atoms with van der Waals surface area (Å²) in [5, 5.41) is 8.91. The number of guanidine groups is 1. The summed E-state index contributed by atoms with van der Waals surface area (Å²) in [7, 11) is 0. The molecule has 0 saturated heterocycles. The van der Waals surface area contributed by atoms with Gasteiger partial charge in [-0.15, -0.1) is 24.0 Å². The van der Waals surface area contributed by atoms with Crippen LogP contribution in [-0.4, -0.2) is 40.5 Å². The average molecular weight is 495 g/mol. The number of halogens is 4. The highest BCUT2D eigenvalue weighted by atomic mass is 127. The van der Waals surface area contributed by atoms with Gasteiger partial charge in [-0.25, -0.2) is 15.0 Å². The standard InChI is InChI=1S/C16H20F3N7.HI/c1-2-20-14(25-11-12-5-3-4-7-21-12)23-9-10-24-15-22-8-6-13(26-15)16(17,18)19;/h3-8H,2,9-11H2,1H3,(H2,20,23,25)(H,22,24,26);1H. The highest BCUT2D eigenvalue weighted by Crippen LogP contribution is 2.27. The van der Waals surface area contributed by atoms with Crippen LogP contribution < -0.4 is 16.0 Å². The van der Waals surface area contributed by atoms with E-state index >= 15 is 0 Å². The van der Waals surface area contributed by atoms with E-state index < -0.39 is 11.9 Å². The topological polar surface area (TPSA) is 87.1 Å². The van der Waals surface area contributed by atoms with E-state index in [1.54, 1.807) is 6.20 Å². The van der Waals surface area contributed by atoms with Crippen molar-refractivity contribution in [2.45, 2.75) is 19.6 Å². The second kappa shape index (κ2) is 11.5. The minimum absolute atomic E-state index is 0. The number of hydrogen-bond donors (Lipinski definition) is 3. The van der Waals surface area contributed by atoms with E-state index in [0.717, 1.165) is 18.0 Å². The molecule has 0 radical (unpaired) electrons. The van der Waals surface area contributed by atoms with Crippen molar-refractivity contribution in [3.63, 3.8) is 0 Å². The lowest BCUT2D eigenvalue weighted by atomic mass is 10.3. The Bertz CT molecular complexity index is 711. The van der Waals surface area contributed by atoms with Crippen LogP contribution in [0.4, 0.5) is 19.1 Å². The summed E-state index contributed by atoms with van der Waals surface area (Å²) in [6.07, 6.45) is -1.72. The van der Waals surface area contributed by atoms with Gasteiger partial charge in [-0.3, -0.25) is 4.98 Å². The molecule has 0 amide bonds. The van der Waals surface area contributed by atoms with E-state index in [4.69, 9.17) is 0 Å². The van der Waals surface area contributed by atoms with Gasteiger partial charge >= 0.3 is 6.18 Å². The van der Waals surface area contributed by atoms with Gasteiger partial charge in [0.1, 0.15) is 5.69 Å². The largest absolute Gasteiger partial charge is 0.433 e. The van der Waals surface area contributed by atoms with Gasteiger partial charge in [0.25, 0.3) is 0 Å². The number of pyridine rings is 1. The van der Waals surface area contributed by atoms with Crippen LogP contribution in [0.1, 0.15) is 18.3 Å². The number of alkyl halides is 3. The Labute approximate surface area is 172 Å². The Kier molecular flexibility index (Phi) is 9.75. The van der Waals surface area contributed by atoms with Crippen molar-refractivity contribution in [3.05, 3.63) is 48.0 Å². The molecule has 2 aromatic rings. The van der Waals surface area contributed by atoms with E-state index in [2.05, 4.69) is 35.9 Å². The van der Waals surface area contributed by atoms with Gasteiger partial charge in [0.15, 0.2) is 5.96 Å². The van der Waals surface area contributed by atoms with Crippen molar-refractivity contribution < 1.29 is 13.2 Å². The molecule has 0 aromatic carbocycles. The molecule has 2 aromatic heterocycles. The SMILES string of the molecule is CCNC(=NCc1ccccn1)NCCNc1nccc(C(F)(F)F)n1.I. The molecule has 27 heavy (non-hydrogen) atoms. The van der Waals surface area contributed by atoms with Gasteiger partial charge < -0.3 is 16.0 Å². The molecule has 11 heteroatoms. The first-order valence-electron chi connectivity index (χ1n) is 8.05. The molecular weight excluding hydrogens is 474 g/mol. The number of anilines is 1. The molecule has 2 rings (SSSR count). The molecule has 0 aliphatic carbocycles. The summed E-state index contributed by atoms with van der Waals surface area (Å²) >= 11 is 0. The van der Waals surface area contributed by atoms with Crippen molar-refractivity contribution in [2.24, 2.45) is 4.99 Å². The maximum absolute atomic E-state index is 12.6. The third kappa shape index (κ3) is 8.37. The minimum Gasteiger partial charge on any atom is -0.357 e. The van der Waals surface area contributed by atoms with Crippen LogP contribution in [0.2, 0.25) is 0 Å². The molecule has 0 atom stereocenters. The molecular formula is C16H21F3IN7. The van der Waals surface area contributed by atoms with Crippen molar-refractivity contribution in [2.75, 3.05) is 25.0 Å². The normalized spacial score (nSPS) is 11.5. The molecule has 148 valence electrons. The average Bonchev–Trinajstić information content (AvgIpc) is 2.63. The molecule has 0 unspecified atom stereocenters. The Balaban J connectivity index is 0.00000364. The molecule has 0 fully saturated rings. The van der Waals surface area contributed by atoms with Crippen LogP contribution in [0.15, 0.2) is 41.7 Å². The van der Waals surface area contributed by atoms with E-state index in [1.165, 1.54) is 0 Å². The fourth-order valence-corrected chi connectivity index (χ4v) is 1.95. The van der Waals surface area contributed by atoms with Crippen LogP contribution in [0.3, 0.4) is 0 Å². The summed E-state index contributed by atoms with van der Waals surface area (Å²) < 4.78 is 37.8. The van der Waals surface area contributed by atoms with Crippen molar-refractivity contribution >= 4 is 35.9 Å². The third-order valence-electron chi connectivity index (χ3n) is 3.12. The summed E-state index contributed by atoms with van der Waals surface area (Å²) in [6.45, 7) is 3.79. The third-order valence-corrected chi connectivity index (χ3v) is 3.12. The predicted molar refractivity (Wildman–Crippen MR) is 108 cm³/mol. The maximum Gasteiger partial charge on any atom is 0.433 e. The van der Waals surface area contributed by atoms with E-state index in [9.17, 15) is 13.2 Å². The lowest BCUT2D eigenvalue weighted by Gasteiger charge is -2.12. The van der Waals surface area contributed by atoms with Crippen molar-refractivity contribution in [1.29, 1.82) is 0 Å². The number of hydrogen-bond acceptors (Lipinski definition) is 5. The molecule has 0 aliphatic heterocycles. The maximum atomic E-state index is 12.6. The smallest absolute Gasteiger partial charge is 0.357 e. The highest BCUT2D eigenvalue weighted by molar-refractivity contribution is 14.0. The van der Waals surface area contributed by atoms with E-state index in [-0.39, 0.29) is 29.9 Å². The summed E-state index contributed by atoms with van der Waals surface area (Å²) in [5.41, 5.74) is -0.145. The lowest BCUT2D eigenvalue weighted by molar-refractivity contribution is -0.141. The van der Waals surface area contributed by atoms with Gasteiger partial charge in [-0.05, 0) is 25.1 Å². The number of aromatic nitrogens is 3. The molecule has 0 saturated carbocycles. The molecule has 3 N–H and O–H groups in total. The number of rotatable bonds is 7. The summed E-state index contributed by atoms with van der Waals surface area (Å²) in [6, 6.07) is 6.42. The Hall–Kier alpha value is -2.18. The highest BCUT2D eigenvalue weighted by Gasteiger charge is 2.32. The van der Waals surface area contributed by atoms with Crippen LogP contribution in [0.5, 0.6) is 0 Å². The number of nitrogens with one attached hydrogen (secondary N) is 3.